The molecular weight excluding hydrogens is 869 g/mol. The van der Waals surface area contributed by atoms with Gasteiger partial charge in [0, 0.05) is 86.3 Å². The molecule has 0 saturated carbocycles. The van der Waals surface area contributed by atoms with E-state index in [0.717, 1.165) is 103 Å². The van der Waals surface area contributed by atoms with Crippen molar-refractivity contribution in [3.8, 4) is 22.4 Å². The predicted octanol–water partition coefficient (Wildman–Crippen LogP) is 8.99. The summed E-state index contributed by atoms with van der Waals surface area (Å²) in [5.74, 6) is -0.783. The number of urea groups is 1. The second-order valence-corrected chi connectivity index (χ2v) is 19.1. The number of aromatic nitrogens is 3. The van der Waals surface area contributed by atoms with Crippen LogP contribution in [0, 0.1) is 18.7 Å². The number of rotatable bonds is 12. The molecule has 0 aliphatic carbocycles. The lowest BCUT2D eigenvalue weighted by atomic mass is 9.93. The highest BCUT2D eigenvalue weighted by Gasteiger charge is 2.28. The van der Waals surface area contributed by atoms with Crippen LogP contribution in [0.4, 0.5) is 26.2 Å². The fourth-order valence-electron chi connectivity index (χ4n) is 9.67. The Bertz CT molecular complexity index is 2810. The number of hydrogen-bond acceptors (Lipinski definition) is 9. The van der Waals surface area contributed by atoms with E-state index in [4.69, 9.17) is 16.6 Å². The van der Waals surface area contributed by atoms with E-state index >= 15 is 0 Å². The monoisotopic (exact) mass is 925 g/mol. The topological polar surface area (TPSA) is 150 Å². The van der Waals surface area contributed by atoms with Crippen LogP contribution < -0.4 is 25.3 Å². The first-order chi connectivity index (χ1) is 32.2. The van der Waals surface area contributed by atoms with Crippen molar-refractivity contribution in [2.75, 3.05) is 67.1 Å². The zero-order valence-electron chi connectivity index (χ0n) is 38.4. The van der Waals surface area contributed by atoms with E-state index in [1.807, 2.05) is 50.4 Å². The molecule has 4 amide bonds. The third-order valence-electron chi connectivity index (χ3n) is 13.7. The average Bonchev–Trinajstić information content (AvgIpc) is 3.74. The minimum atomic E-state index is -1.22. The molecule has 1 atom stereocenters. The average molecular weight is 927 g/mol. The summed E-state index contributed by atoms with van der Waals surface area (Å²) in [5, 5.41) is 24.6. The molecule has 4 N–H and O–H groups in total. The largest absolute Gasteiger partial charge is 0.386 e. The Balaban J connectivity index is 0.756. The molecule has 3 aliphatic heterocycles. The number of H-pyrrole nitrogens is 1. The van der Waals surface area contributed by atoms with Gasteiger partial charge in [0.2, 0.25) is 5.91 Å². The van der Waals surface area contributed by atoms with Gasteiger partial charge >= 0.3 is 6.03 Å². The Morgan fingerprint density at radius 3 is 2.28 bits per heavy atom. The molecule has 3 fully saturated rings. The number of fused-ring (bicyclic) bond motifs is 1. The maximum atomic E-state index is 14.9. The highest BCUT2D eigenvalue weighted by molar-refractivity contribution is 6.34. The number of carbonyl (C=O) groups excluding carboxylic acids is 3. The van der Waals surface area contributed by atoms with Crippen molar-refractivity contribution in [3.63, 3.8) is 0 Å². The Kier molecular flexibility index (Phi) is 13.1. The Labute approximate surface area is 395 Å². The Morgan fingerprint density at radius 1 is 0.881 bits per heavy atom. The van der Waals surface area contributed by atoms with Crippen LogP contribution in [0.2, 0.25) is 5.02 Å². The first kappa shape index (κ1) is 45.8. The van der Waals surface area contributed by atoms with Gasteiger partial charge in [0.1, 0.15) is 5.82 Å². The highest BCUT2D eigenvalue weighted by atomic mass is 35.5. The molecule has 0 spiro atoms. The summed E-state index contributed by atoms with van der Waals surface area (Å²) in [6.07, 6.45) is 5.59. The number of nitrogens with zero attached hydrogens (tertiary/aromatic N) is 6. The lowest BCUT2D eigenvalue weighted by molar-refractivity contribution is -0.120. The molecule has 4 aromatic carbocycles. The van der Waals surface area contributed by atoms with Crippen LogP contribution in [0.25, 0.3) is 33.4 Å². The normalized spacial score (nSPS) is 17.0. The van der Waals surface area contributed by atoms with Gasteiger partial charge in [0.15, 0.2) is 5.65 Å². The summed E-state index contributed by atoms with van der Waals surface area (Å²) in [5.41, 5.74) is 8.36. The minimum absolute atomic E-state index is 0.0758. The van der Waals surface area contributed by atoms with Gasteiger partial charge in [-0.3, -0.25) is 29.8 Å². The number of aryl methyl sites for hydroxylation is 1. The van der Waals surface area contributed by atoms with Crippen LogP contribution in [0.1, 0.15) is 79.5 Å². The van der Waals surface area contributed by atoms with Crippen LogP contribution in [-0.4, -0.2) is 95.4 Å². The van der Waals surface area contributed by atoms with Crippen molar-refractivity contribution in [2.24, 2.45) is 5.92 Å². The van der Waals surface area contributed by atoms with E-state index in [-0.39, 0.29) is 23.9 Å². The summed E-state index contributed by atoms with van der Waals surface area (Å²) in [6, 6.07) is 26.1. The van der Waals surface area contributed by atoms with E-state index in [1.54, 1.807) is 19.9 Å². The number of benzene rings is 4. The minimum Gasteiger partial charge on any atom is -0.386 e. The molecule has 15 heteroatoms. The highest BCUT2D eigenvalue weighted by Crippen LogP contribution is 2.35. The van der Waals surface area contributed by atoms with Crippen molar-refractivity contribution in [3.05, 3.63) is 124 Å². The summed E-state index contributed by atoms with van der Waals surface area (Å²) in [7, 11) is 0. The number of halogens is 2. The number of aromatic amines is 1. The van der Waals surface area contributed by atoms with Crippen LogP contribution in [0.5, 0.6) is 0 Å². The van der Waals surface area contributed by atoms with Crippen LogP contribution in [0.15, 0.2) is 91.1 Å². The van der Waals surface area contributed by atoms with Crippen molar-refractivity contribution in [2.45, 2.75) is 65.0 Å². The van der Waals surface area contributed by atoms with Gasteiger partial charge in [0.25, 0.3) is 5.91 Å². The second-order valence-electron chi connectivity index (χ2n) is 18.7. The summed E-state index contributed by atoms with van der Waals surface area (Å²) in [4.78, 5) is 50.7. The lowest BCUT2D eigenvalue weighted by Crippen LogP contribution is -2.49. The molecule has 67 heavy (non-hydrogen) atoms. The van der Waals surface area contributed by atoms with Crippen molar-refractivity contribution in [1.29, 1.82) is 0 Å². The van der Waals surface area contributed by atoms with E-state index in [0.29, 0.717) is 34.4 Å². The van der Waals surface area contributed by atoms with Crippen LogP contribution in [-0.2, 0) is 10.4 Å². The van der Waals surface area contributed by atoms with Crippen molar-refractivity contribution in [1.82, 2.24) is 30.7 Å². The number of nitrogens with one attached hydrogen (secondary N) is 3. The third-order valence-corrected chi connectivity index (χ3v) is 14.1. The third kappa shape index (κ3) is 10.0. The van der Waals surface area contributed by atoms with E-state index in [1.165, 1.54) is 29.1 Å². The number of anilines is 3. The molecule has 6 aromatic rings. The molecule has 5 heterocycles. The van der Waals surface area contributed by atoms with Gasteiger partial charge in [-0.05, 0) is 136 Å². The molecule has 3 aliphatic rings. The lowest BCUT2D eigenvalue weighted by Gasteiger charge is -2.38. The summed E-state index contributed by atoms with van der Waals surface area (Å²) in [6.45, 7) is 14.4. The summed E-state index contributed by atoms with van der Waals surface area (Å²) >= 11 is 6.65. The van der Waals surface area contributed by atoms with Gasteiger partial charge in [-0.2, -0.15) is 5.10 Å². The Hall–Kier alpha value is -6.35. The first-order valence-corrected chi connectivity index (χ1v) is 23.6. The molecule has 9 rings (SSSR count). The second kappa shape index (κ2) is 19.1. The maximum Gasteiger partial charge on any atom is 0.328 e. The van der Waals surface area contributed by atoms with Gasteiger partial charge in [-0.25, -0.2) is 14.2 Å². The predicted molar refractivity (Wildman–Crippen MR) is 262 cm³/mol. The fraction of sp³-hybridized carbons (Fsp3) is 0.365. The molecule has 2 aromatic heterocycles. The number of imide groups is 1. The number of piperidine rings is 1. The molecule has 0 radical (unpaired) electrons. The van der Waals surface area contributed by atoms with E-state index in [9.17, 15) is 23.9 Å². The number of amides is 4. The van der Waals surface area contributed by atoms with E-state index < -0.39 is 23.4 Å². The molecule has 0 bridgehead atoms. The van der Waals surface area contributed by atoms with Gasteiger partial charge in [0.05, 0.1) is 33.6 Å². The number of pyridine rings is 1. The quantitative estimate of drug-likeness (QED) is 0.0944. The van der Waals surface area contributed by atoms with Crippen molar-refractivity contribution < 1.29 is 23.9 Å². The van der Waals surface area contributed by atoms with Gasteiger partial charge in [-0.15, -0.1) is 0 Å². The standard InChI is InChI=1S/C52H57ClFN9O4/c1-32-27-36(7-12-41(32)33(2)56-50(65)42-13-8-38(29-45(42)54)52(3,4)67)48-43-28-37(31-55-49(43)59-58-48)35-5-9-39(10-6-35)62-25-23-60(24-26-62)19-15-34-16-20-61(21-17-34)40-11-14-46(44(53)30-40)63-22-18-47(64)57-51(63)66/h5-14,27-31,33-34,67H,15-26H2,1-4H3,(H,56,65)(H,55,58,59)(H,57,64,66). The first-order valence-electron chi connectivity index (χ1n) is 23.2. The number of hydrogen-bond donors (Lipinski definition) is 4. The number of piperazine rings is 1. The SMILES string of the molecule is Cc1cc(-c2[nH]nc3ncc(-c4ccc(N5CCN(CCC6CCN(c7ccc(N8CCC(=O)NC8=O)c(Cl)c7)CC6)CC5)cc4)cc23)ccc1C(C)NC(=O)c1ccc(C(C)(C)O)cc1F. The zero-order chi connectivity index (χ0) is 47.0. The zero-order valence-corrected chi connectivity index (χ0v) is 39.2. The number of carbonyl (C=O) groups is 3. The fourth-order valence-corrected chi connectivity index (χ4v) is 9.95. The number of aliphatic hydroxyl groups is 1. The van der Waals surface area contributed by atoms with E-state index in [2.05, 4.69) is 71.9 Å². The Morgan fingerprint density at radius 2 is 1.60 bits per heavy atom. The smallest absolute Gasteiger partial charge is 0.328 e. The van der Waals surface area contributed by atoms with Gasteiger partial charge in [-0.1, -0.05) is 41.9 Å². The molecule has 3 saturated heterocycles. The van der Waals surface area contributed by atoms with Gasteiger partial charge < -0.3 is 20.2 Å². The molecule has 13 nitrogen and oxygen atoms in total. The molecule has 348 valence electrons. The van der Waals surface area contributed by atoms with Crippen LogP contribution in [0.3, 0.4) is 0 Å². The molecule has 1 unspecified atom stereocenters. The van der Waals surface area contributed by atoms with Crippen LogP contribution >= 0.6 is 11.6 Å². The molecular formula is C52H57ClFN9O4. The van der Waals surface area contributed by atoms with Crippen molar-refractivity contribution >= 4 is 57.5 Å². The maximum absolute atomic E-state index is 14.9. The summed E-state index contributed by atoms with van der Waals surface area (Å²) < 4.78 is 14.9.